The van der Waals surface area contributed by atoms with Gasteiger partial charge >= 0.3 is 0 Å². The normalized spacial score (nSPS) is 20.6. The zero-order valence-electron chi connectivity index (χ0n) is 15.7. The molecule has 2 aliphatic rings. The molecule has 2 saturated heterocycles. The third-order valence-electron chi connectivity index (χ3n) is 5.40. The van der Waals surface area contributed by atoms with Crippen LogP contribution in [-0.4, -0.2) is 48.6 Å². The molecular formula is C20H28N4O2. The Balaban J connectivity index is 1.55. The molecule has 2 aromatic rings. The molecule has 0 bridgehead atoms. The Kier molecular flexibility index (Phi) is 4.96. The second-order valence-electron chi connectivity index (χ2n) is 7.56. The van der Waals surface area contributed by atoms with Crippen molar-refractivity contribution in [3.8, 4) is 0 Å². The van der Waals surface area contributed by atoms with Gasteiger partial charge < -0.3 is 19.7 Å². The lowest BCUT2D eigenvalue weighted by molar-refractivity contribution is -0.144. The van der Waals surface area contributed by atoms with Gasteiger partial charge in [-0.1, -0.05) is 19.1 Å². The molecule has 3 heterocycles. The topological polar surface area (TPSA) is 59.5 Å². The summed E-state index contributed by atoms with van der Waals surface area (Å²) in [5, 5.41) is 3.49. The molecule has 0 amide bonds. The average molecular weight is 356 g/mol. The number of nitrogens with zero attached hydrogens (tertiary/aromatic N) is 3. The number of piperidine rings is 1. The van der Waals surface area contributed by atoms with Crippen molar-refractivity contribution in [1.82, 2.24) is 9.97 Å². The second kappa shape index (κ2) is 7.37. The number of fused-ring (bicyclic) bond motifs is 1. The summed E-state index contributed by atoms with van der Waals surface area (Å²) < 4.78 is 11.4. The predicted octanol–water partition coefficient (Wildman–Crippen LogP) is 3.43. The summed E-state index contributed by atoms with van der Waals surface area (Å²) in [7, 11) is 0. The molecule has 26 heavy (non-hydrogen) atoms. The van der Waals surface area contributed by atoms with E-state index in [0.29, 0.717) is 13.2 Å². The first-order chi connectivity index (χ1) is 12.6. The average Bonchev–Trinajstić information content (AvgIpc) is 3.08. The van der Waals surface area contributed by atoms with Gasteiger partial charge in [0.25, 0.3) is 0 Å². The molecule has 1 aromatic heterocycles. The van der Waals surface area contributed by atoms with Gasteiger partial charge in [-0.2, -0.15) is 0 Å². The molecule has 0 spiro atoms. The fourth-order valence-electron chi connectivity index (χ4n) is 3.66. The smallest absolute Gasteiger partial charge is 0.172 e. The van der Waals surface area contributed by atoms with Crippen molar-refractivity contribution in [2.75, 3.05) is 43.1 Å². The lowest BCUT2D eigenvalue weighted by atomic mass is 9.99. The minimum atomic E-state index is -0.488. The van der Waals surface area contributed by atoms with Crippen LogP contribution in [0.25, 0.3) is 11.0 Å². The summed E-state index contributed by atoms with van der Waals surface area (Å²) in [6, 6.07) is 8.07. The first kappa shape index (κ1) is 17.5. The van der Waals surface area contributed by atoms with Crippen LogP contribution in [0.2, 0.25) is 0 Å². The van der Waals surface area contributed by atoms with Crippen LogP contribution in [0.3, 0.4) is 0 Å². The van der Waals surface area contributed by atoms with Crippen molar-refractivity contribution in [2.45, 2.75) is 38.9 Å². The molecule has 0 unspecified atom stereocenters. The molecule has 1 aromatic carbocycles. The lowest BCUT2D eigenvalue weighted by Crippen LogP contribution is -2.34. The first-order valence-electron chi connectivity index (χ1n) is 9.66. The summed E-state index contributed by atoms with van der Waals surface area (Å²) in [6.07, 6.45) is 3.18. The van der Waals surface area contributed by atoms with Gasteiger partial charge in [-0.3, -0.25) is 0 Å². The molecule has 0 radical (unpaired) electrons. The van der Waals surface area contributed by atoms with Gasteiger partial charge in [0, 0.05) is 26.1 Å². The summed E-state index contributed by atoms with van der Waals surface area (Å²) in [5.41, 5.74) is 1.87. The van der Waals surface area contributed by atoms with Gasteiger partial charge in [-0.05, 0) is 37.8 Å². The van der Waals surface area contributed by atoms with Crippen molar-refractivity contribution in [1.29, 1.82) is 0 Å². The van der Waals surface area contributed by atoms with E-state index < -0.39 is 5.79 Å². The van der Waals surface area contributed by atoms with Crippen LogP contribution < -0.4 is 10.2 Å². The number of anilines is 2. The zero-order chi connectivity index (χ0) is 18.0. The Morgan fingerprint density at radius 2 is 1.77 bits per heavy atom. The molecule has 4 rings (SSSR count). The van der Waals surface area contributed by atoms with Crippen molar-refractivity contribution in [3.05, 3.63) is 24.3 Å². The standard InChI is InChI=1S/C20H28N4O2/c1-15-7-11-24(12-8-15)19-18(21-10-9-20(2)25-13-14-26-20)22-16-5-3-4-6-17(16)23-19/h3-6,15H,7-14H2,1-2H3,(H,21,22). The molecule has 2 aliphatic heterocycles. The fourth-order valence-corrected chi connectivity index (χ4v) is 3.66. The number of rotatable bonds is 5. The van der Waals surface area contributed by atoms with E-state index in [2.05, 4.69) is 17.1 Å². The number of benzene rings is 1. The van der Waals surface area contributed by atoms with E-state index in [1.54, 1.807) is 0 Å². The maximum absolute atomic E-state index is 5.70. The van der Waals surface area contributed by atoms with Crippen LogP contribution in [0.1, 0.15) is 33.1 Å². The predicted molar refractivity (Wildman–Crippen MR) is 104 cm³/mol. The molecule has 0 aliphatic carbocycles. The van der Waals surface area contributed by atoms with Gasteiger partial charge in [0.1, 0.15) is 0 Å². The second-order valence-corrected chi connectivity index (χ2v) is 7.56. The molecular weight excluding hydrogens is 328 g/mol. The molecule has 2 fully saturated rings. The van der Waals surface area contributed by atoms with E-state index >= 15 is 0 Å². The van der Waals surface area contributed by atoms with E-state index in [0.717, 1.165) is 54.6 Å². The van der Waals surface area contributed by atoms with Crippen LogP contribution in [0.15, 0.2) is 24.3 Å². The van der Waals surface area contributed by atoms with Gasteiger partial charge in [-0.15, -0.1) is 0 Å². The van der Waals surface area contributed by atoms with Crippen molar-refractivity contribution >= 4 is 22.7 Å². The van der Waals surface area contributed by atoms with E-state index in [-0.39, 0.29) is 0 Å². The maximum Gasteiger partial charge on any atom is 0.172 e. The van der Waals surface area contributed by atoms with E-state index in [1.807, 2.05) is 31.2 Å². The summed E-state index contributed by atoms with van der Waals surface area (Å²) in [6.45, 7) is 8.47. The first-order valence-corrected chi connectivity index (χ1v) is 9.66. The lowest BCUT2D eigenvalue weighted by Gasteiger charge is -2.32. The third kappa shape index (κ3) is 3.76. The van der Waals surface area contributed by atoms with E-state index in [1.165, 1.54) is 12.8 Å². The molecule has 6 nitrogen and oxygen atoms in total. The van der Waals surface area contributed by atoms with Crippen LogP contribution in [-0.2, 0) is 9.47 Å². The maximum atomic E-state index is 5.70. The Labute approximate surface area is 154 Å². The van der Waals surface area contributed by atoms with E-state index in [9.17, 15) is 0 Å². The highest BCUT2D eigenvalue weighted by Crippen LogP contribution is 2.29. The monoisotopic (exact) mass is 356 g/mol. The van der Waals surface area contributed by atoms with Crippen molar-refractivity contribution in [2.24, 2.45) is 5.92 Å². The van der Waals surface area contributed by atoms with Gasteiger partial charge in [0.2, 0.25) is 0 Å². The van der Waals surface area contributed by atoms with Gasteiger partial charge in [0.15, 0.2) is 17.4 Å². The molecule has 140 valence electrons. The summed E-state index contributed by atoms with van der Waals surface area (Å²) in [4.78, 5) is 12.2. The molecule has 6 heteroatoms. The number of hydrogen-bond acceptors (Lipinski definition) is 6. The van der Waals surface area contributed by atoms with Crippen molar-refractivity contribution < 1.29 is 9.47 Å². The van der Waals surface area contributed by atoms with Crippen LogP contribution in [0, 0.1) is 5.92 Å². The SMILES string of the molecule is CC1CCN(c2nc3ccccc3nc2NCCC2(C)OCCO2)CC1. The number of ether oxygens (including phenoxy) is 2. The highest BCUT2D eigenvalue weighted by Gasteiger charge is 2.30. The van der Waals surface area contributed by atoms with Crippen LogP contribution >= 0.6 is 0 Å². The Hall–Kier alpha value is -1.92. The van der Waals surface area contributed by atoms with Gasteiger partial charge in [-0.25, -0.2) is 9.97 Å². The van der Waals surface area contributed by atoms with Crippen LogP contribution in [0.4, 0.5) is 11.6 Å². The van der Waals surface area contributed by atoms with E-state index in [4.69, 9.17) is 19.4 Å². The zero-order valence-corrected chi connectivity index (χ0v) is 15.7. The Morgan fingerprint density at radius 3 is 2.46 bits per heavy atom. The highest BCUT2D eigenvalue weighted by atomic mass is 16.7. The Bertz CT molecular complexity index is 753. The molecule has 0 atom stereocenters. The third-order valence-corrected chi connectivity index (χ3v) is 5.40. The Morgan fingerprint density at radius 1 is 1.12 bits per heavy atom. The highest BCUT2D eigenvalue weighted by molar-refractivity contribution is 5.80. The minimum absolute atomic E-state index is 0.488. The van der Waals surface area contributed by atoms with Gasteiger partial charge in [0.05, 0.1) is 24.2 Å². The number of para-hydroxylation sites is 2. The quantitative estimate of drug-likeness (QED) is 0.886. The number of hydrogen-bond donors (Lipinski definition) is 1. The molecule has 0 saturated carbocycles. The number of nitrogens with one attached hydrogen (secondary N) is 1. The largest absolute Gasteiger partial charge is 0.367 e. The summed E-state index contributed by atoms with van der Waals surface area (Å²) >= 11 is 0. The number of aromatic nitrogens is 2. The minimum Gasteiger partial charge on any atom is -0.367 e. The fraction of sp³-hybridized carbons (Fsp3) is 0.600. The van der Waals surface area contributed by atoms with Crippen LogP contribution in [0.5, 0.6) is 0 Å². The van der Waals surface area contributed by atoms with Crippen molar-refractivity contribution in [3.63, 3.8) is 0 Å². The summed E-state index contributed by atoms with van der Waals surface area (Å²) in [5.74, 6) is 2.12. The molecule has 1 N–H and O–H groups in total.